The quantitative estimate of drug-likeness (QED) is 0.852. The van der Waals surface area contributed by atoms with Crippen LogP contribution in [0, 0.1) is 23.7 Å². The molecule has 2 atom stereocenters. The molecule has 6 nitrogen and oxygen atoms in total. The number of hydrogen-bond donors (Lipinski definition) is 0. The van der Waals surface area contributed by atoms with Crippen molar-refractivity contribution in [1.82, 2.24) is 14.5 Å². The van der Waals surface area contributed by atoms with E-state index < -0.39 is 0 Å². The zero-order valence-corrected chi connectivity index (χ0v) is 14.9. The number of carbonyl (C=O) groups excluding carboxylic acids is 1. The van der Waals surface area contributed by atoms with Gasteiger partial charge in [-0.25, -0.2) is 4.98 Å². The molecule has 3 aliphatic rings. The Morgan fingerprint density at radius 2 is 2.08 bits per heavy atom. The minimum Gasteiger partial charge on any atom is -0.389 e. The molecule has 1 aromatic rings. The van der Waals surface area contributed by atoms with E-state index in [4.69, 9.17) is 4.84 Å². The Hall–Kier alpha value is -1.85. The van der Waals surface area contributed by atoms with Crippen molar-refractivity contribution in [2.75, 3.05) is 13.1 Å². The summed E-state index contributed by atoms with van der Waals surface area (Å²) in [5.74, 6) is 2.25. The molecule has 0 aromatic carbocycles. The van der Waals surface area contributed by atoms with E-state index >= 15 is 0 Å². The zero-order valence-electron chi connectivity index (χ0n) is 14.9. The van der Waals surface area contributed by atoms with E-state index in [9.17, 15) is 4.79 Å². The molecule has 1 amide bonds. The molecule has 2 fully saturated rings. The van der Waals surface area contributed by atoms with Crippen LogP contribution in [0.15, 0.2) is 17.7 Å². The molecule has 4 rings (SSSR count). The Labute approximate surface area is 142 Å². The lowest BCUT2D eigenvalue weighted by atomic mass is 9.98. The topological polar surface area (TPSA) is 59.7 Å². The summed E-state index contributed by atoms with van der Waals surface area (Å²) in [4.78, 5) is 24.4. The maximum absolute atomic E-state index is 12.6. The number of aromatic nitrogens is 2. The smallest absolute Gasteiger partial charge is 0.274 e. The molecule has 3 heterocycles. The van der Waals surface area contributed by atoms with Crippen LogP contribution in [-0.2, 0) is 11.4 Å². The maximum Gasteiger partial charge on any atom is 0.274 e. The molecule has 0 unspecified atom stereocenters. The fourth-order valence-corrected chi connectivity index (χ4v) is 4.20. The molecule has 1 saturated carbocycles. The lowest BCUT2D eigenvalue weighted by molar-refractivity contribution is 0.0123. The van der Waals surface area contributed by atoms with Gasteiger partial charge in [0.2, 0.25) is 0 Å². The van der Waals surface area contributed by atoms with Gasteiger partial charge in [-0.3, -0.25) is 4.79 Å². The van der Waals surface area contributed by atoms with Gasteiger partial charge >= 0.3 is 0 Å². The van der Waals surface area contributed by atoms with Gasteiger partial charge in [0, 0.05) is 38.2 Å². The van der Waals surface area contributed by atoms with Crippen LogP contribution in [0.4, 0.5) is 0 Å². The van der Waals surface area contributed by atoms with Crippen molar-refractivity contribution in [3.8, 4) is 0 Å². The third kappa shape index (κ3) is 2.72. The lowest BCUT2D eigenvalue weighted by Gasteiger charge is -2.19. The van der Waals surface area contributed by atoms with Crippen molar-refractivity contribution < 1.29 is 9.63 Å². The fraction of sp³-hybridized carbons (Fsp3) is 0.722. The van der Waals surface area contributed by atoms with E-state index in [2.05, 4.69) is 37.8 Å². The van der Waals surface area contributed by atoms with Gasteiger partial charge in [-0.1, -0.05) is 19.0 Å². The van der Waals surface area contributed by atoms with E-state index in [1.54, 1.807) is 6.33 Å². The van der Waals surface area contributed by atoms with E-state index in [1.165, 1.54) is 5.71 Å². The van der Waals surface area contributed by atoms with Crippen LogP contribution < -0.4 is 0 Å². The highest BCUT2D eigenvalue weighted by atomic mass is 16.7. The number of likely N-dealkylation sites (tertiary alicyclic amines) is 1. The maximum atomic E-state index is 12.6. The van der Waals surface area contributed by atoms with E-state index in [1.807, 2.05) is 15.7 Å². The standard InChI is InChI=1S/C18H26N4O2/c1-11(2)6-21-9-15(19-10-21)17(23)22-7-12-13(8-22)16(12)14-5-18(3,4)24-20-14/h9-13,16H,5-8H2,1-4H3/t12-,13-/m1/s1. The Bertz CT molecular complexity index is 679. The van der Waals surface area contributed by atoms with Crippen molar-refractivity contribution in [1.29, 1.82) is 0 Å². The Morgan fingerprint density at radius 1 is 1.38 bits per heavy atom. The lowest BCUT2D eigenvalue weighted by Crippen LogP contribution is -2.33. The minimum absolute atomic E-state index is 0.0633. The summed E-state index contributed by atoms with van der Waals surface area (Å²) in [6.45, 7) is 11.0. The molecule has 130 valence electrons. The Morgan fingerprint density at radius 3 is 2.67 bits per heavy atom. The average molecular weight is 330 g/mol. The molecule has 6 heteroatoms. The first-order valence-electron chi connectivity index (χ1n) is 8.90. The molecule has 1 aliphatic carbocycles. The SMILES string of the molecule is CC(C)Cn1cnc(C(=O)N2C[C@H]3C(C4=NOC(C)(C)C4)[C@@H]3C2)c1. The minimum atomic E-state index is -0.162. The number of fused-ring (bicyclic) bond motifs is 1. The number of rotatable bonds is 4. The van der Waals surface area contributed by atoms with Crippen molar-refractivity contribution in [3.63, 3.8) is 0 Å². The number of carbonyl (C=O) groups is 1. The first-order chi connectivity index (χ1) is 11.3. The first-order valence-corrected chi connectivity index (χ1v) is 8.90. The van der Waals surface area contributed by atoms with Gasteiger partial charge in [-0.05, 0) is 31.6 Å². The van der Waals surface area contributed by atoms with Crippen LogP contribution in [0.2, 0.25) is 0 Å². The van der Waals surface area contributed by atoms with Crippen LogP contribution in [0.25, 0.3) is 0 Å². The predicted octanol–water partition coefficient (Wildman–Crippen LogP) is 2.41. The van der Waals surface area contributed by atoms with Gasteiger partial charge in [-0.2, -0.15) is 0 Å². The molecule has 1 saturated heterocycles. The van der Waals surface area contributed by atoms with E-state index in [-0.39, 0.29) is 11.5 Å². The van der Waals surface area contributed by atoms with Crippen molar-refractivity contribution in [3.05, 3.63) is 18.2 Å². The Balaban J connectivity index is 1.35. The zero-order chi connectivity index (χ0) is 17.1. The normalized spacial score (nSPS) is 30.3. The molecular formula is C18H26N4O2. The van der Waals surface area contributed by atoms with Crippen LogP contribution in [-0.4, -0.2) is 44.8 Å². The van der Waals surface area contributed by atoms with Gasteiger partial charge in [0.15, 0.2) is 0 Å². The van der Waals surface area contributed by atoms with Crippen LogP contribution in [0.1, 0.15) is 44.6 Å². The van der Waals surface area contributed by atoms with Gasteiger partial charge in [0.05, 0.1) is 12.0 Å². The van der Waals surface area contributed by atoms with Crippen molar-refractivity contribution >= 4 is 11.6 Å². The van der Waals surface area contributed by atoms with Gasteiger partial charge in [0.1, 0.15) is 11.3 Å². The van der Waals surface area contributed by atoms with Crippen molar-refractivity contribution in [2.24, 2.45) is 28.8 Å². The summed E-state index contributed by atoms with van der Waals surface area (Å²) in [6, 6.07) is 0. The van der Waals surface area contributed by atoms with Crippen molar-refractivity contribution in [2.45, 2.75) is 46.3 Å². The molecule has 24 heavy (non-hydrogen) atoms. The molecule has 1 aromatic heterocycles. The van der Waals surface area contributed by atoms with Gasteiger partial charge in [-0.15, -0.1) is 0 Å². The number of hydrogen-bond acceptors (Lipinski definition) is 4. The summed E-state index contributed by atoms with van der Waals surface area (Å²) in [5.41, 5.74) is 1.60. The second-order valence-corrected chi connectivity index (χ2v) is 8.52. The molecule has 0 bridgehead atoms. The largest absolute Gasteiger partial charge is 0.389 e. The fourth-order valence-electron chi connectivity index (χ4n) is 4.20. The highest BCUT2D eigenvalue weighted by Gasteiger charge is 2.60. The third-order valence-corrected chi connectivity index (χ3v) is 5.31. The molecule has 2 aliphatic heterocycles. The Kier molecular flexibility index (Phi) is 3.48. The van der Waals surface area contributed by atoms with Crippen LogP contribution in [0.5, 0.6) is 0 Å². The summed E-state index contributed by atoms with van der Waals surface area (Å²) < 4.78 is 2.00. The summed E-state index contributed by atoms with van der Waals surface area (Å²) in [6.07, 6.45) is 4.55. The first kappa shape index (κ1) is 15.7. The summed E-state index contributed by atoms with van der Waals surface area (Å²) in [7, 11) is 0. The average Bonchev–Trinajstić information content (AvgIpc) is 2.94. The predicted molar refractivity (Wildman–Crippen MR) is 90.7 cm³/mol. The second kappa shape index (κ2) is 5.33. The monoisotopic (exact) mass is 330 g/mol. The summed E-state index contributed by atoms with van der Waals surface area (Å²) in [5, 5.41) is 4.29. The number of imidazole rings is 1. The van der Waals surface area contributed by atoms with E-state index in [0.717, 1.165) is 26.1 Å². The second-order valence-electron chi connectivity index (χ2n) is 8.52. The number of nitrogens with zero attached hydrogens (tertiary/aromatic N) is 4. The van der Waals surface area contributed by atoms with Gasteiger partial charge < -0.3 is 14.3 Å². The molecular weight excluding hydrogens is 304 g/mol. The van der Waals surface area contributed by atoms with Crippen LogP contribution >= 0.6 is 0 Å². The summed E-state index contributed by atoms with van der Waals surface area (Å²) >= 11 is 0. The van der Waals surface area contributed by atoms with E-state index in [0.29, 0.717) is 29.4 Å². The number of amides is 1. The molecule has 0 radical (unpaired) electrons. The van der Waals surface area contributed by atoms with Gasteiger partial charge in [0.25, 0.3) is 5.91 Å². The number of oxime groups is 1. The molecule has 0 N–H and O–H groups in total. The highest BCUT2D eigenvalue weighted by molar-refractivity contribution is 5.94. The highest BCUT2D eigenvalue weighted by Crippen LogP contribution is 2.54. The molecule has 0 spiro atoms. The third-order valence-electron chi connectivity index (χ3n) is 5.31. The van der Waals surface area contributed by atoms with Crippen LogP contribution in [0.3, 0.4) is 0 Å². The number of piperidine rings is 1.